The molecule has 2 aromatic rings. The van der Waals surface area contributed by atoms with Gasteiger partial charge in [0.05, 0.1) is 5.56 Å². The van der Waals surface area contributed by atoms with Crippen LogP contribution in [0.4, 0.5) is 11.5 Å². The summed E-state index contributed by atoms with van der Waals surface area (Å²) in [5.74, 6) is 0.753. The summed E-state index contributed by atoms with van der Waals surface area (Å²) < 4.78 is 0. The zero-order valence-electron chi connectivity index (χ0n) is 14.1. The molecule has 0 atom stereocenters. The van der Waals surface area contributed by atoms with Gasteiger partial charge in [-0.15, -0.1) is 0 Å². The third-order valence-corrected chi connectivity index (χ3v) is 5.51. The highest BCUT2D eigenvalue weighted by atomic mass is 16.2. The highest BCUT2D eigenvalue weighted by Gasteiger charge is 2.40. The number of para-hydroxylation sites is 1. The van der Waals surface area contributed by atoms with E-state index >= 15 is 0 Å². The Kier molecular flexibility index (Phi) is 3.75. The molecule has 0 radical (unpaired) electrons. The molecule has 4 nitrogen and oxygen atoms in total. The first kappa shape index (κ1) is 15.2. The number of benzene rings is 1. The molecule has 0 saturated heterocycles. The molecule has 0 bridgehead atoms. The predicted molar refractivity (Wildman–Crippen MR) is 96.5 cm³/mol. The number of fused-ring (bicyclic) bond motifs is 1. The molecule has 1 aliphatic carbocycles. The zero-order valence-corrected chi connectivity index (χ0v) is 14.1. The third kappa shape index (κ3) is 2.66. The first-order chi connectivity index (χ1) is 11.7. The highest BCUT2D eigenvalue weighted by Crippen LogP contribution is 2.48. The van der Waals surface area contributed by atoms with Gasteiger partial charge in [0, 0.05) is 25.0 Å². The maximum absolute atomic E-state index is 13.1. The van der Waals surface area contributed by atoms with E-state index in [0.717, 1.165) is 25.2 Å². The Morgan fingerprint density at radius 1 is 1.25 bits per heavy atom. The van der Waals surface area contributed by atoms with Crippen LogP contribution >= 0.6 is 0 Å². The molecule has 2 aliphatic rings. The van der Waals surface area contributed by atoms with Crippen molar-refractivity contribution in [2.75, 3.05) is 23.3 Å². The Hall–Kier alpha value is -2.36. The fraction of sp³-hybridized carbons (Fsp3) is 0.400. The molecule has 0 unspecified atom stereocenters. The summed E-state index contributed by atoms with van der Waals surface area (Å²) in [5, 5.41) is 3.44. The lowest BCUT2D eigenvalue weighted by atomic mass is 10.0. The summed E-state index contributed by atoms with van der Waals surface area (Å²) >= 11 is 0. The lowest BCUT2D eigenvalue weighted by Gasteiger charge is -2.20. The van der Waals surface area contributed by atoms with Crippen molar-refractivity contribution in [3.8, 4) is 0 Å². The Bertz CT molecular complexity index is 767. The number of anilines is 2. The van der Waals surface area contributed by atoms with Gasteiger partial charge in [0.2, 0.25) is 0 Å². The van der Waals surface area contributed by atoms with Gasteiger partial charge in [0.25, 0.3) is 5.91 Å². The van der Waals surface area contributed by atoms with Gasteiger partial charge in [0.15, 0.2) is 0 Å². The second-order valence-corrected chi connectivity index (χ2v) is 6.94. The number of aromatic nitrogens is 1. The number of carbonyl (C=O) groups is 1. The summed E-state index contributed by atoms with van der Waals surface area (Å²) in [6, 6.07) is 11.9. The number of pyridine rings is 1. The number of amides is 1. The van der Waals surface area contributed by atoms with Crippen LogP contribution < -0.4 is 10.2 Å². The van der Waals surface area contributed by atoms with Gasteiger partial charge < -0.3 is 10.2 Å². The van der Waals surface area contributed by atoms with Crippen molar-refractivity contribution in [3.63, 3.8) is 0 Å². The van der Waals surface area contributed by atoms with E-state index in [1.807, 2.05) is 35.2 Å². The molecule has 1 amide bonds. The van der Waals surface area contributed by atoms with Crippen molar-refractivity contribution >= 4 is 17.4 Å². The molecule has 1 aromatic carbocycles. The molecular weight excluding hydrogens is 298 g/mol. The summed E-state index contributed by atoms with van der Waals surface area (Å²) in [5.41, 5.74) is 3.36. The van der Waals surface area contributed by atoms with Gasteiger partial charge in [-0.2, -0.15) is 0 Å². The average molecular weight is 321 g/mol. The van der Waals surface area contributed by atoms with Crippen LogP contribution in [0.3, 0.4) is 0 Å². The Labute approximate surface area is 142 Å². The predicted octanol–water partition coefficient (Wildman–Crippen LogP) is 3.89. The van der Waals surface area contributed by atoms with Gasteiger partial charge in [-0.25, -0.2) is 4.98 Å². The molecule has 1 aliphatic heterocycles. The van der Waals surface area contributed by atoms with E-state index in [2.05, 4.69) is 23.3 Å². The maximum Gasteiger partial charge on any atom is 0.262 e. The van der Waals surface area contributed by atoms with E-state index in [-0.39, 0.29) is 5.91 Å². The van der Waals surface area contributed by atoms with Crippen LogP contribution in [0.1, 0.15) is 42.1 Å². The van der Waals surface area contributed by atoms with Crippen LogP contribution in [-0.2, 0) is 6.42 Å². The van der Waals surface area contributed by atoms with Gasteiger partial charge >= 0.3 is 0 Å². The number of nitrogens with one attached hydrogen (secondary N) is 1. The second kappa shape index (κ2) is 5.93. The van der Waals surface area contributed by atoms with Gasteiger partial charge in [-0.3, -0.25) is 4.79 Å². The van der Waals surface area contributed by atoms with Gasteiger partial charge in [0.1, 0.15) is 5.82 Å². The van der Waals surface area contributed by atoms with Crippen LogP contribution in [-0.4, -0.2) is 24.0 Å². The van der Waals surface area contributed by atoms with E-state index in [4.69, 9.17) is 0 Å². The number of carbonyl (C=O) groups excluding carboxylic acids is 1. The minimum Gasteiger partial charge on any atom is -0.369 e. The third-order valence-electron chi connectivity index (χ3n) is 5.51. The van der Waals surface area contributed by atoms with E-state index in [0.29, 0.717) is 16.8 Å². The molecule has 4 rings (SSSR count). The summed E-state index contributed by atoms with van der Waals surface area (Å²) in [4.78, 5) is 19.4. The lowest BCUT2D eigenvalue weighted by Crippen LogP contribution is -2.30. The van der Waals surface area contributed by atoms with Crippen molar-refractivity contribution in [2.45, 2.75) is 32.6 Å². The first-order valence-electron chi connectivity index (χ1n) is 8.81. The molecule has 24 heavy (non-hydrogen) atoms. The Morgan fingerprint density at radius 3 is 2.88 bits per heavy atom. The molecule has 2 heterocycles. The fourth-order valence-electron chi connectivity index (χ4n) is 3.52. The highest BCUT2D eigenvalue weighted by molar-refractivity contribution is 6.10. The van der Waals surface area contributed by atoms with Crippen LogP contribution in [0.5, 0.6) is 0 Å². The number of nitrogens with zero attached hydrogens (tertiary/aromatic N) is 2. The first-order valence-corrected chi connectivity index (χ1v) is 8.81. The Balaban J connectivity index is 1.57. The van der Waals surface area contributed by atoms with Crippen molar-refractivity contribution < 1.29 is 4.79 Å². The largest absolute Gasteiger partial charge is 0.369 e. The standard InChI is InChI=1S/C20H23N3O/c1-2-20(10-11-20)14-22-18-16(7-5-12-21-18)19(24)23-13-9-15-6-3-4-8-17(15)23/h3-8,12H,2,9-11,13-14H2,1H3,(H,21,22). The quantitative estimate of drug-likeness (QED) is 0.909. The van der Waals surface area contributed by atoms with Crippen molar-refractivity contribution in [3.05, 3.63) is 53.7 Å². The SMILES string of the molecule is CCC1(CNc2ncccc2C(=O)N2CCc3ccccc32)CC1. The van der Waals surface area contributed by atoms with Crippen molar-refractivity contribution in [1.82, 2.24) is 4.98 Å². The van der Waals surface area contributed by atoms with Crippen LogP contribution in [0.2, 0.25) is 0 Å². The minimum absolute atomic E-state index is 0.0388. The molecule has 1 saturated carbocycles. The molecule has 0 spiro atoms. The van der Waals surface area contributed by atoms with Crippen LogP contribution in [0, 0.1) is 5.41 Å². The molecule has 1 aromatic heterocycles. The smallest absolute Gasteiger partial charge is 0.262 e. The maximum atomic E-state index is 13.1. The number of rotatable bonds is 5. The molecule has 1 N–H and O–H groups in total. The van der Waals surface area contributed by atoms with Crippen LogP contribution in [0.25, 0.3) is 0 Å². The topological polar surface area (TPSA) is 45.2 Å². The molecule has 1 fully saturated rings. The number of hydrogen-bond acceptors (Lipinski definition) is 3. The Morgan fingerprint density at radius 2 is 2.08 bits per heavy atom. The average Bonchev–Trinajstić information content (AvgIpc) is 3.30. The number of hydrogen-bond donors (Lipinski definition) is 1. The minimum atomic E-state index is 0.0388. The summed E-state index contributed by atoms with van der Waals surface area (Å²) in [7, 11) is 0. The van der Waals surface area contributed by atoms with E-state index in [1.54, 1.807) is 6.20 Å². The van der Waals surface area contributed by atoms with E-state index < -0.39 is 0 Å². The fourth-order valence-corrected chi connectivity index (χ4v) is 3.52. The zero-order chi connectivity index (χ0) is 16.6. The molecule has 4 heteroatoms. The second-order valence-electron chi connectivity index (χ2n) is 6.94. The molecule has 124 valence electrons. The molecular formula is C20H23N3O. The van der Waals surface area contributed by atoms with E-state index in [1.165, 1.54) is 24.8 Å². The van der Waals surface area contributed by atoms with Gasteiger partial charge in [-0.1, -0.05) is 25.1 Å². The van der Waals surface area contributed by atoms with Crippen LogP contribution in [0.15, 0.2) is 42.6 Å². The van der Waals surface area contributed by atoms with Gasteiger partial charge in [-0.05, 0) is 54.9 Å². The van der Waals surface area contributed by atoms with E-state index in [9.17, 15) is 4.79 Å². The summed E-state index contributed by atoms with van der Waals surface area (Å²) in [6.07, 6.45) is 6.39. The normalized spacial score (nSPS) is 17.5. The summed E-state index contributed by atoms with van der Waals surface area (Å²) in [6.45, 7) is 3.88. The van der Waals surface area contributed by atoms with Crippen molar-refractivity contribution in [1.29, 1.82) is 0 Å². The lowest BCUT2D eigenvalue weighted by molar-refractivity contribution is 0.0990. The monoisotopic (exact) mass is 321 g/mol. The van der Waals surface area contributed by atoms with Crippen molar-refractivity contribution in [2.24, 2.45) is 5.41 Å².